The van der Waals surface area contributed by atoms with Crippen LogP contribution in [0.3, 0.4) is 0 Å². The minimum atomic E-state index is -2.39. The lowest BCUT2D eigenvalue weighted by Gasteiger charge is -2.36. The molecule has 0 saturated carbocycles. The second-order valence-corrected chi connectivity index (χ2v) is 8.43. The van der Waals surface area contributed by atoms with E-state index in [9.17, 15) is 0 Å². The number of nitrogens with zero attached hydrogens (tertiary/aromatic N) is 1. The van der Waals surface area contributed by atoms with E-state index in [4.69, 9.17) is 13.3 Å². The van der Waals surface area contributed by atoms with Crippen molar-refractivity contribution < 1.29 is 17.8 Å². The highest BCUT2D eigenvalue weighted by atomic mass is 28.4. The lowest BCUT2D eigenvalue weighted by atomic mass is 10.3. The van der Waals surface area contributed by atoms with Crippen LogP contribution in [-0.4, -0.2) is 60.8 Å². The van der Waals surface area contributed by atoms with Gasteiger partial charge >= 0.3 is 8.80 Å². The van der Waals surface area contributed by atoms with Gasteiger partial charge in [0, 0.05) is 34.2 Å². The van der Waals surface area contributed by atoms with Gasteiger partial charge in [-0.3, -0.25) is 0 Å². The van der Waals surface area contributed by atoms with E-state index in [2.05, 4.69) is 6.92 Å². The molecule has 18 heavy (non-hydrogen) atoms. The summed E-state index contributed by atoms with van der Waals surface area (Å²) in [6.07, 6.45) is 5.33. The van der Waals surface area contributed by atoms with Gasteiger partial charge < -0.3 is 17.8 Å². The Balaban J connectivity index is 2.55. The van der Waals surface area contributed by atoms with Gasteiger partial charge in [0.25, 0.3) is 0 Å². The summed E-state index contributed by atoms with van der Waals surface area (Å²) in [6.45, 7) is 7.36. The second-order valence-electron chi connectivity index (χ2n) is 5.34. The molecule has 1 aliphatic heterocycles. The van der Waals surface area contributed by atoms with Gasteiger partial charge in [-0.05, 0) is 6.42 Å². The zero-order chi connectivity index (χ0) is 13.5. The first-order valence-corrected chi connectivity index (χ1v) is 9.09. The van der Waals surface area contributed by atoms with Crippen LogP contribution in [0.15, 0.2) is 0 Å². The van der Waals surface area contributed by atoms with Gasteiger partial charge in [-0.15, -0.1) is 0 Å². The zero-order valence-corrected chi connectivity index (χ0v) is 13.5. The molecule has 1 fully saturated rings. The Kier molecular flexibility index (Phi) is 6.80. The third kappa shape index (κ3) is 4.03. The molecular weight excluding hydrogens is 246 g/mol. The minimum Gasteiger partial charge on any atom is -0.377 e. The largest absolute Gasteiger partial charge is 0.505 e. The van der Waals surface area contributed by atoms with Crippen LogP contribution in [0, 0.1) is 0 Å². The first-order valence-electron chi connectivity index (χ1n) is 7.16. The highest BCUT2D eigenvalue weighted by Gasteiger charge is 2.42. The van der Waals surface area contributed by atoms with Crippen LogP contribution in [0.1, 0.15) is 32.6 Å². The van der Waals surface area contributed by atoms with Gasteiger partial charge in [-0.25, -0.2) is 0 Å². The molecule has 0 aromatic heterocycles. The van der Waals surface area contributed by atoms with E-state index in [0.717, 1.165) is 12.6 Å². The highest BCUT2D eigenvalue weighted by molar-refractivity contribution is 6.60. The Bertz CT molecular complexity index is 220. The molecule has 0 spiro atoms. The fourth-order valence-corrected chi connectivity index (χ4v) is 4.85. The summed E-state index contributed by atoms with van der Waals surface area (Å²) in [5.41, 5.74) is 0. The number of quaternary nitrogens is 1. The van der Waals surface area contributed by atoms with E-state index in [1.165, 1.54) is 49.8 Å². The zero-order valence-electron chi connectivity index (χ0n) is 12.5. The number of rotatable bonds is 9. The maximum Gasteiger partial charge on any atom is 0.505 e. The molecule has 4 nitrogen and oxygen atoms in total. The van der Waals surface area contributed by atoms with Crippen LogP contribution < -0.4 is 0 Å². The Morgan fingerprint density at radius 1 is 0.944 bits per heavy atom. The molecule has 0 unspecified atom stereocenters. The van der Waals surface area contributed by atoms with Crippen molar-refractivity contribution in [1.82, 2.24) is 0 Å². The monoisotopic (exact) mass is 276 g/mol. The van der Waals surface area contributed by atoms with Crippen molar-refractivity contribution in [3.63, 3.8) is 0 Å². The van der Waals surface area contributed by atoms with E-state index in [1.807, 2.05) is 0 Å². The smallest absolute Gasteiger partial charge is 0.377 e. The SMILES string of the molecule is CCCC[N+]1(CC[Si](OC)(OC)OC)CCCC1. The predicted octanol–water partition coefficient (Wildman–Crippen LogP) is 2.28. The molecule has 1 aliphatic rings. The molecule has 108 valence electrons. The topological polar surface area (TPSA) is 27.7 Å². The summed E-state index contributed by atoms with van der Waals surface area (Å²) < 4.78 is 17.8. The lowest BCUT2D eigenvalue weighted by Crippen LogP contribution is -2.52. The fraction of sp³-hybridized carbons (Fsp3) is 1.00. The normalized spacial score (nSPS) is 19.3. The standard InChI is InChI=1S/C13H30NO3Si/c1-5-6-9-14(10-7-8-11-14)12-13-18(15-2,16-3)17-4/h5-13H2,1-4H3/q+1. The maximum atomic E-state index is 5.53. The van der Waals surface area contributed by atoms with Crippen molar-refractivity contribution in [2.75, 3.05) is 47.5 Å². The number of hydrogen-bond donors (Lipinski definition) is 0. The third-order valence-corrected chi connectivity index (χ3v) is 7.03. The van der Waals surface area contributed by atoms with Gasteiger partial charge in [0.1, 0.15) is 0 Å². The number of unbranched alkanes of at least 4 members (excludes halogenated alkanes) is 1. The maximum absolute atomic E-state index is 5.53. The summed E-state index contributed by atoms with van der Waals surface area (Å²) in [5.74, 6) is 0. The van der Waals surface area contributed by atoms with E-state index >= 15 is 0 Å². The van der Waals surface area contributed by atoms with Crippen molar-refractivity contribution in [3.8, 4) is 0 Å². The molecule has 0 aliphatic carbocycles. The summed E-state index contributed by atoms with van der Waals surface area (Å²) in [4.78, 5) is 0. The molecule has 1 saturated heterocycles. The summed E-state index contributed by atoms with van der Waals surface area (Å²) in [7, 11) is 2.74. The fourth-order valence-electron chi connectivity index (χ4n) is 2.99. The molecule has 0 aromatic carbocycles. The molecule has 1 rings (SSSR count). The van der Waals surface area contributed by atoms with Crippen LogP contribution in [0.4, 0.5) is 0 Å². The molecule has 0 N–H and O–H groups in total. The highest BCUT2D eigenvalue weighted by Crippen LogP contribution is 2.24. The Morgan fingerprint density at radius 2 is 1.50 bits per heavy atom. The van der Waals surface area contributed by atoms with E-state index in [-0.39, 0.29) is 0 Å². The molecule has 0 aromatic rings. The minimum absolute atomic E-state index is 0.931. The van der Waals surface area contributed by atoms with Gasteiger partial charge in [0.05, 0.1) is 32.2 Å². The van der Waals surface area contributed by atoms with E-state index < -0.39 is 8.80 Å². The van der Waals surface area contributed by atoms with E-state index in [1.54, 1.807) is 21.3 Å². The Morgan fingerprint density at radius 3 is 1.94 bits per heavy atom. The van der Waals surface area contributed by atoms with Crippen molar-refractivity contribution in [2.45, 2.75) is 38.7 Å². The third-order valence-electron chi connectivity index (χ3n) is 4.33. The molecule has 0 bridgehead atoms. The summed E-state index contributed by atoms with van der Waals surface area (Å²) >= 11 is 0. The average Bonchev–Trinajstić information content (AvgIpc) is 2.88. The van der Waals surface area contributed by atoms with Gasteiger partial charge in [0.2, 0.25) is 0 Å². The van der Waals surface area contributed by atoms with Gasteiger partial charge in [0.15, 0.2) is 0 Å². The van der Waals surface area contributed by atoms with Crippen molar-refractivity contribution in [1.29, 1.82) is 0 Å². The molecule has 5 heteroatoms. The van der Waals surface area contributed by atoms with E-state index in [0.29, 0.717) is 0 Å². The average molecular weight is 276 g/mol. The number of likely N-dealkylation sites (tertiary alicyclic amines) is 1. The number of hydrogen-bond acceptors (Lipinski definition) is 3. The Hall–Kier alpha value is 0.0569. The molecule has 0 amide bonds. The summed E-state index contributed by atoms with van der Waals surface area (Å²) in [5, 5.41) is 0. The molecular formula is C13H30NO3Si+. The second kappa shape index (κ2) is 7.60. The Labute approximate surface area is 113 Å². The first-order chi connectivity index (χ1) is 8.66. The molecule has 1 heterocycles. The van der Waals surface area contributed by atoms with Crippen molar-refractivity contribution in [2.24, 2.45) is 0 Å². The van der Waals surface area contributed by atoms with Crippen LogP contribution in [0.25, 0.3) is 0 Å². The van der Waals surface area contributed by atoms with Crippen LogP contribution in [0.5, 0.6) is 0 Å². The van der Waals surface area contributed by atoms with Gasteiger partial charge in [-0.1, -0.05) is 13.3 Å². The lowest BCUT2D eigenvalue weighted by molar-refractivity contribution is -0.915. The molecule has 0 radical (unpaired) electrons. The van der Waals surface area contributed by atoms with Crippen LogP contribution >= 0.6 is 0 Å². The molecule has 0 atom stereocenters. The van der Waals surface area contributed by atoms with Crippen LogP contribution in [0.2, 0.25) is 6.04 Å². The van der Waals surface area contributed by atoms with Crippen molar-refractivity contribution in [3.05, 3.63) is 0 Å². The summed E-state index contributed by atoms with van der Waals surface area (Å²) in [6, 6.07) is 0.931. The van der Waals surface area contributed by atoms with Crippen LogP contribution in [-0.2, 0) is 13.3 Å². The van der Waals surface area contributed by atoms with Gasteiger partial charge in [-0.2, -0.15) is 0 Å². The predicted molar refractivity (Wildman–Crippen MR) is 75.5 cm³/mol. The first kappa shape index (κ1) is 16.1. The van der Waals surface area contributed by atoms with Crippen molar-refractivity contribution >= 4 is 8.80 Å². The quantitative estimate of drug-likeness (QED) is 0.478.